The summed E-state index contributed by atoms with van der Waals surface area (Å²) in [7, 11) is 0. The molecule has 1 aliphatic carbocycles. The molecule has 0 aliphatic heterocycles. The summed E-state index contributed by atoms with van der Waals surface area (Å²) in [6.45, 7) is 1.98. The van der Waals surface area contributed by atoms with Gasteiger partial charge in [0.2, 0.25) is 5.91 Å². The molecule has 136 valence electrons. The molecular formula is C21H19N3O2S. The number of nitrogens with zero attached hydrogens (tertiary/aromatic N) is 1. The van der Waals surface area contributed by atoms with E-state index >= 15 is 0 Å². The summed E-state index contributed by atoms with van der Waals surface area (Å²) in [5, 5.41) is 8.80. The van der Waals surface area contributed by atoms with Crippen molar-refractivity contribution in [2.45, 2.75) is 19.8 Å². The van der Waals surface area contributed by atoms with Crippen LogP contribution in [0.15, 0.2) is 53.9 Å². The van der Waals surface area contributed by atoms with E-state index in [4.69, 9.17) is 0 Å². The van der Waals surface area contributed by atoms with Crippen molar-refractivity contribution in [1.29, 1.82) is 0 Å². The lowest BCUT2D eigenvalue weighted by Crippen LogP contribution is -2.15. The van der Waals surface area contributed by atoms with Crippen molar-refractivity contribution in [2.75, 3.05) is 10.6 Å². The minimum atomic E-state index is -0.213. The van der Waals surface area contributed by atoms with Gasteiger partial charge in [0.15, 0.2) is 0 Å². The van der Waals surface area contributed by atoms with Crippen molar-refractivity contribution >= 4 is 34.5 Å². The van der Waals surface area contributed by atoms with Gasteiger partial charge in [0, 0.05) is 33.8 Å². The number of aryl methyl sites for hydroxylation is 1. The molecule has 1 saturated carbocycles. The predicted octanol–water partition coefficient (Wildman–Crippen LogP) is 4.72. The minimum absolute atomic E-state index is 0.0282. The van der Waals surface area contributed by atoms with Gasteiger partial charge in [0.05, 0.1) is 10.7 Å². The molecule has 5 nitrogen and oxygen atoms in total. The first-order chi connectivity index (χ1) is 13.1. The highest BCUT2D eigenvalue weighted by Crippen LogP contribution is 2.30. The van der Waals surface area contributed by atoms with Gasteiger partial charge in [0.1, 0.15) is 0 Å². The van der Waals surface area contributed by atoms with Crippen LogP contribution in [0.5, 0.6) is 0 Å². The molecule has 0 unspecified atom stereocenters. The second-order valence-electron chi connectivity index (χ2n) is 6.63. The van der Waals surface area contributed by atoms with Gasteiger partial charge in [-0.3, -0.25) is 9.59 Å². The Morgan fingerprint density at radius 2 is 1.81 bits per heavy atom. The second-order valence-corrected chi connectivity index (χ2v) is 7.69. The summed E-state index contributed by atoms with van der Waals surface area (Å²) >= 11 is 1.61. The first-order valence-electron chi connectivity index (χ1n) is 8.83. The number of thiazole rings is 1. The van der Waals surface area contributed by atoms with Gasteiger partial charge in [-0.25, -0.2) is 4.98 Å². The number of benzene rings is 2. The van der Waals surface area contributed by atoms with E-state index in [2.05, 4.69) is 15.6 Å². The predicted molar refractivity (Wildman–Crippen MR) is 108 cm³/mol. The third-order valence-electron chi connectivity index (χ3n) is 4.40. The van der Waals surface area contributed by atoms with Crippen molar-refractivity contribution < 1.29 is 9.59 Å². The standard InChI is InChI=1S/C21H19N3O2S/c1-13-22-19(12-27-13)14-7-9-17(10-8-14)23-21(26)16-3-2-4-18(11-16)24-20(25)15-5-6-15/h2-4,7-12,15H,5-6H2,1H3,(H,23,26)(H,24,25). The lowest BCUT2D eigenvalue weighted by molar-refractivity contribution is -0.117. The molecule has 0 bridgehead atoms. The molecule has 1 aromatic heterocycles. The molecule has 1 fully saturated rings. The fourth-order valence-electron chi connectivity index (χ4n) is 2.75. The van der Waals surface area contributed by atoms with Crippen LogP contribution >= 0.6 is 11.3 Å². The third-order valence-corrected chi connectivity index (χ3v) is 5.17. The number of hydrogen-bond donors (Lipinski definition) is 2. The number of hydrogen-bond acceptors (Lipinski definition) is 4. The molecule has 6 heteroatoms. The van der Waals surface area contributed by atoms with Gasteiger partial charge in [-0.05, 0) is 50.1 Å². The van der Waals surface area contributed by atoms with Crippen molar-refractivity contribution in [3.8, 4) is 11.3 Å². The van der Waals surface area contributed by atoms with Crippen LogP contribution in [-0.2, 0) is 4.79 Å². The highest BCUT2D eigenvalue weighted by molar-refractivity contribution is 7.09. The van der Waals surface area contributed by atoms with Crippen LogP contribution in [0.2, 0.25) is 0 Å². The first kappa shape index (κ1) is 17.4. The molecule has 0 radical (unpaired) electrons. The summed E-state index contributed by atoms with van der Waals surface area (Å²) in [5.74, 6) is -0.0577. The van der Waals surface area contributed by atoms with Gasteiger partial charge in [0.25, 0.3) is 5.91 Å². The van der Waals surface area contributed by atoms with E-state index in [0.717, 1.165) is 29.1 Å². The van der Waals surface area contributed by atoms with E-state index in [9.17, 15) is 9.59 Å². The Morgan fingerprint density at radius 1 is 1.04 bits per heavy atom. The average molecular weight is 377 g/mol. The Labute approximate surface area is 161 Å². The summed E-state index contributed by atoms with van der Waals surface area (Å²) in [4.78, 5) is 28.9. The normalized spacial score (nSPS) is 13.2. The Balaban J connectivity index is 1.43. The molecule has 0 saturated heterocycles. The Kier molecular flexibility index (Phi) is 4.73. The molecule has 1 heterocycles. The lowest BCUT2D eigenvalue weighted by atomic mass is 10.1. The van der Waals surface area contributed by atoms with Crippen molar-refractivity contribution in [2.24, 2.45) is 5.92 Å². The maximum Gasteiger partial charge on any atom is 0.255 e. The average Bonchev–Trinajstić information content (AvgIpc) is 3.44. The van der Waals surface area contributed by atoms with Gasteiger partial charge in [-0.2, -0.15) is 0 Å². The largest absolute Gasteiger partial charge is 0.326 e. The SMILES string of the molecule is Cc1nc(-c2ccc(NC(=O)c3cccc(NC(=O)C4CC4)c3)cc2)cs1. The number of rotatable bonds is 5. The summed E-state index contributed by atoms with van der Waals surface area (Å²) in [6.07, 6.45) is 1.89. The molecule has 4 rings (SSSR count). The summed E-state index contributed by atoms with van der Waals surface area (Å²) < 4.78 is 0. The zero-order chi connectivity index (χ0) is 18.8. The first-order valence-corrected chi connectivity index (χ1v) is 9.71. The van der Waals surface area contributed by atoms with Crippen molar-refractivity contribution in [1.82, 2.24) is 4.98 Å². The van der Waals surface area contributed by atoms with Crippen molar-refractivity contribution in [3.05, 3.63) is 64.5 Å². The monoisotopic (exact) mass is 377 g/mol. The van der Waals surface area contributed by atoms with E-state index in [0.29, 0.717) is 16.9 Å². The van der Waals surface area contributed by atoms with Crippen LogP contribution < -0.4 is 10.6 Å². The summed E-state index contributed by atoms with van der Waals surface area (Å²) in [6, 6.07) is 14.6. The molecule has 2 amide bonds. The highest BCUT2D eigenvalue weighted by Gasteiger charge is 2.29. The Bertz CT molecular complexity index is 991. The minimum Gasteiger partial charge on any atom is -0.326 e. The molecular weight excluding hydrogens is 358 g/mol. The maximum atomic E-state index is 12.5. The number of carbonyl (C=O) groups is 2. The number of carbonyl (C=O) groups excluding carboxylic acids is 2. The Hall–Kier alpha value is -2.99. The van der Waals surface area contributed by atoms with E-state index in [-0.39, 0.29) is 17.7 Å². The van der Waals surface area contributed by atoms with Crippen LogP contribution in [0, 0.1) is 12.8 Å². The number of anilines is 2. The molecule has 0 atom stereocenters. The second kappa shape index (κ2) is 7.32. The molecule has 2 N–H and O–H groups in total. The van der Waals surface area contributed by atoms with Crippen LogP contribution in [0.1, 0.15) is 28.2 Å². The van der Waals surface area contributed by atoms with E-state index in [1.807, 2.05) is 36.6 Å². The molecule has 0 spiro atoms. The van der Waals surface area contributed by atoms with Crippen molar-refractivity contribution in [3.63, 3.8) is 0 Å². The quantitative estimate of drug-likeness (QED) is 0.676. The van der Waals surface area contributed by atoms with Crippen LogP contribution in [0.25, 0.3) is 11.3 Å². The zero-order valence-electron chi connectivity index (χ0n) is 14.9. The van der Waals surface area contributed by atoms with Gasteiger partial charge >= 0.3 is 0 Å². The summed E-state index contributed by atoms with van der Waals surface area (Å²) in [5.41, 5.74) is 3.82. The maximum absolute atomic E-state index is 12.5. The molecule has 1 aliphatic rings. The number of nitrogens with one attached hydrogen (secondary N) is 2. The smallest absolute Gasteiger partial charge is 0.255 e. The van der Waals surface area contributed by atoms with Crippen LogP contribution in [0.4, 0.5) is 11.4 Å². The number of amides is 2. The fourth-order valence-corrected chi connectivity index (χ4v) is 3.37. The zero-order valence-corrected chi connectivity index (χ0v) is 15.7. The lowest BCUT2D eigenvalue weighted by Gasteiger charge is -2.08. The van der Waals surface area contributed by atoms with Crippen LogP contribution in [-0.4, -0.2) is 16.8 Å². The molecule has 2 aromatic carbocycles. The van der Waals surface area contributed by atoms with Gasteiger partial charge < -0.3 is 10.6 Å². The molecule has 3 aromatic rings. The third kappa shape index (κ3) is 4.23. The van der Waals surface area contributed by atoms with E-state index < -0.39 is 0 Å². The van der Waals surface area contributed by atoms with Gasteiger partial charge in [-0.1, -0.05) is 18.2 Å². The number of aromatic nitrogens is 1. The topological polar surface area (TPSA) is 71.1 Å². The van der Waals surface area contributed by atoms with Crippen LogP contribution in [0.3, 0.4) is 0 Å². The van der Waals surface area contributed by atoms with E-state index in [1.54, 1.807) is 35.6 Å². The molecule has 27 heavy (non-hydrogen) atoms. The fraction of sp³-hybridized carbons (Fsp3) is 0.190. The van der Waals surface area contributed by atoms with E-state index in [1.165, 1.54) is 0 Å². The highest BCUT2D eigenvalue weighted by atomic mass is 32.1. The Morgan fingerprint density at radius 3 is 2.48 bits per heavy atom. The van der Waals surface area contributed by atoms with Gasteiger partial charge in [-0.15, -0.1) is 11.3 Å².